The minimum atomic E-state index is 0.0522. The van der Waals surface area contributed by atoms with Crippen LogP contribution in [0.2, 0.25) is 0 Å². The number of rotatable bonds is 8. The molecule has 0 atom stereocenters. The monoisotopic (exact) mass is 582 g/mol. The van der Waals surface area contributed by atoms with Gasteiger partial charge < -0.3 is 15.4 Å². The number of hydrogen-bond donors (Lipinski definition) is 2. The van der Waals surface area contributed by atoms with E-state index in [9.17, 15) is 9.59 Å². The largest absolute Gasteiger partial charge is 0.493 e. The van der Waals surface area contributed by atoms with Crippen LogP contribution in [0.25, 0.3) is 0 Å². The summed E-state index contributed by atoms with van der Waals surface area (Å²) in [6.07, 6.45) is 6.03. The Bertz CT molecular complexity index is 1290. The smallest absolute Gasteiger partial charge is 0.234 e. The number of benzene rings is 3. The van der Waals surface area contributed by atoms with Gasteiger partial charge in [0.25, 0.3) is 0 Å². The van der Waals surface area contributed by atoms with E-state index in [1.54, 1.807) is 0 Å². The molecule has 2 N–H and O–H groups in total. The molecular weight excluding hydrogens is 536 g/mol. The fourth-order valence-corrected chi connectivity index (χ4v) is 6.01. The lowest BCUT2D eigenvalue weighted by Gasteiger charge is -2.32. The van der Waals surface area contributed by atoms with E-state index >= 15 is 0 Å². The highest BCUT2D eigenvalue weighted by Gasteiger charge is 2.21. The molecule has 5 rings (SSSR count). The molecule has 3 aromatic rings. The summed E-state index contributed by atoms with van der Waals surface area (Å²) in [5.74, 6) is 1.04. The second-order valence-corrected chi connectivity index (χ2v) is 11.9. The van der Waals surface area contributed by atoms with Crippen molar-refractivity contribution in [3.05, 3.63) is 101 Å². The third kappa shape index (κ3) is 10.2. The molecule has 2 heterocycles. The van der Waals surface area contributed by atoms with Crippen LogP contribution < -0.4 is 15.4 Å². The summed E-state index contributed by atoms with van der Waals surface area (Å²) in [4.78, 5) is 30.3. The van der Waals surface area contributed by atoms with Crippen molar-refractivity contribution in [3.63, 3.8) is 0 Å². The van der Waals surface area contributed by atoms with Gasteiger partial charge in [-0.1, -0.05) is 72.8 Å². The van der Waals surface area contributed by atoms with E-state index in [-0.39, 0.29) is 17.9 Å². The molecular formula is C36H46N4O3. The molecule has 0 bridgehead atoms. The Morgan fingerprint density at radius 3 is 2.23 bits per heavy atom. The zero-order chi connectivity index (χ0) is 29.7. The Hall–Kier alpha value is -3.68. The number of ether oxygens (including phenoxy) is 1. The van der Waals surface area contributed by atoms with Gasteiger partial charge in [0.1, 0.15) is 5.75 Å². The van der Waals surface area contributed by atoms with Crippen molar-refractivity contribution in [1.29, 1.82) is 0 Å². The van der Waals surface area contributed by atoms with Gasteiger partial charge in [-0.3, -0.25) is 19.4 Å². The predicted molar refractivity (Wildman–Crippen MR) is 171 cm³/mol. The number of carbonyl (C=O) groups excluding carboxylic acids is 2. The SMILES string of the molecule is O=C1CN(Cc2ccccc2)Cc2cc(CCC(=O)NC3CCN(Cc4ccccc4)CC3)ccc2OCCCCCN1. The maximum absolute atomic E-state index is 12.9. The normalized spacial score (nSPS) is 17.8. The molecule has 1 saturated heterocycles. The Kier molecular flexibility index (Phi) is 11.6. The second-order valence-electron chi connectivity index (χ2n) is 11.9. The summed E-state index contributed by atoms with van der Waals surface area (Å²) in [6.45, 7) is 5.92. The van der Waals surface area contributed by atoms with Crippen molar-refractivity contribution in [2.45, 2.75) is 70.6 Å². The van der Waals surface area contributed by atoms with Crippen LogP contribution in [-0.2, 0) is 35.6 Å². The van der Waals surface area contributed by atoms with Crippen LogP contribution in [0.3, 0.4) is 0 Å². The Balaban J connectivity index is 1.17. The molecule has 0 unspecified atom stereocenters. The molecule has 0 radical (unpaired) electrons. The third-order valence-electron chi connectivity index (χ3n) is 8.38. The number of hydrogen-bond acceptors (Lipinski definition) is 5. The lowest BCUT2D eigenvalue weighted by Crippen LogP contribution is -2.44. The van der Waals surface area contributed by atoms with Gasteiger partial charge in [-0.25, -0.2) is 0 Å². The molecule has 7 nitrogen and oxygen atoms in total. The zero-order valence-electron chi connectivity index (χ0n) is 25.3. The average molecular weight is 583 g/mol. The molecule has 2 aliphatic heterocycles. The summed E-state index contributed by atoms with van der Waals surface area (Å²) in [7, 11) is 0. The fraction of sp³-hybridized carbons (Fsp3) is 0.444. The van der Waals surface area contributed by atoms with Crippen LogP contribution in [0.1, 0.15) is 60.8 Å². The van der Waals surface area contributed by atoms with E-state index in [0.717, 1.165) is 68.6 Å². The van der Waals surface area contributed by atoms with Crippen LogP contribution >= 0.6 is 0 Å². The first-order valence-corrected chi connectivity index (χ1v) is 15.9. The highest BCUT2D eigenvalue weighted by molar-refractivity contribution is 5.78. The lowest BCUT2D eigenvalue weighted by atomic mass is 10.0. The summed E-state index contributed by atoms with van der Waals surface area (Å²) in [5, 5.41) is 6.37. The van der Waals surface area contributed by atoms with Crippen LogP contribution in [0.4, 0.5) is 0 Å². The Morgan fingerprint density at radius 1 is 0.814 bits per heavy atom. The molecule has 2 amide bonds. The quantitative estimate of drug-likeness (QED) is 0.388. The first kappa shape index (κ1) is 30.8. The summed E-state index contributed by atoms with van der Waals surface area (Å²) < 4.78 is 6.24. The molecule has 0 aromatic heterocycles. The van der Waals surface area contributed by atoms with Crippen molar-refractivity contribution >= 4 is 11.8 Å². The molecule has 3 aromatic carbocycles. The molecule has 7 heteroatoms. The van der Waals surface area contributed by atoms with E-state index < -0.39 is 0 Å². The van der Waals surface area contributed by atoms with Gasteiger partial charge in [0.05, 0.1) is 13.2 Å². The van der Waals surface area contributed by atoms with Crippen molar-refractivity contribution in [3.8, 4) is 5.75 Å². The topological polar surface area (TPSA) is 73.9 Å². The van der Waals surface area contributed by atoms with Gasteiger partial charge in [0.2, 0.25) is 11.8 Å². The minimum absolute atomic E-state index is 0.0522. The highest BCUT2D eigenvalue weighted by Crippen LogP contribution is 2.25. The van der Waals surface area contributed by atoms with Gasteiger partial charge in [0, 0.05) is 57.3 Å². The van der Waals surface area contributed by atoms with Crippen LogP contribution in [-0.4, -0.2) is 60.4 Å². The number of piperidine rings is 1. The fourth-order valence-electron chi connectivity index (χ4n) is 6.01. The molecule has 0 saturated carbocycles. The van der Waals surface area contributed by atoms with E-state index in [4.69, 9.17) is 4.74 Å². The van der Waals surface area contributed by atoms with Crippen LogP contribution in [0.5, 0.6) is 5.75 Å². The highest BCUT2D eigenvalue weighted by atomic mass is 16.5. The molecule has 2 aliphatic rings. The molecule has 228 valence electrons. The summed E-state index contributed by atoms with van der Waals surface area (Å²) in [6, 6.07) is 27.4. The van der Waals surface area contributed by atoms with Crippen LogP contribution in [0.15, 0.2) is 78.9 Å². The molecule has 0 aliphatic carbocycles. The predicted octanol–water partition coefficient (Wildman–Crippen LogP) is 5.08. The zero-order valence-corrected chi connectivity index (χ0v) is 25.3. The Labute approximate surface area is 256 Å². The molecule has 43 heavy (non-hydrogen) atoms. The van der Waals surface area contributed by atoms with Crippen molar-refractivity contribution < 1.29 is 14.3 Å². The van der Waals surface area contributed by atoms with Gasteiger partial charge >= 0.3 is 0 Å². The van der Waals surface area contributed by atoms with E-state index in [1.165, 1.54) is 11.1 Å². The van der Waals surface area contributed by atoms with E-state index in [1.807, 2.05) is 24.3 Å². The Morgan fingerprint density at radius 2 is 1.51 bits per heavy atom. The van der Waals surface area contributed by atoms with Gasteiger partial charge in [-0.2, -0.15) is 0 Å². The summed E-state index contributed by atoms with van der Waals surface area (Å²) in [5.41, 5.74) is 4.68. The van der Waals surface area contributed by atoms with E-state index in [2.05, 4.69) is 75.0 Å². The van der Waals surface area contributed by atoms with Gasteiger partial charge in [-0.15, -0.1) is 0 Å². The number of nitrogens with zero attached hydrogens (tertiary/aromatic N) is 2. The third-order valence-corrected chi connectivity index (χ3v) is 8.38. The van der Waals surface area contributed by atoms with Crippen molar-refractivity contribution in [1.82, 2.24) is 20.4 Å². The standard InChI is InChI=1S/C36H46N4O3/c41-35(38-33-18-21-39(22-19-33)25-30-10-4-1-5-11-30)17-15-29-14-16-34-32(24-29)27-40(26-31-12-6-2-7-13-31)28-36(42)37-20-8-3-9-23-43-34/h1-2,4-7,10-14,16,24,33H,3,8-9,15,17-23,25-28H2,(H,37,42)(H,38,41). The van der Waals surface area contributed by atoms with Crippen LogP contribution in [0, 0.1) is 0 Å². The number of fused-ring (bicyclic) bond motifs is 1. The van der Waals surface area contributed by atoms with Crippen molar-refractivity contribution in [2.24, 2.45) is 0 Å². The maximum Gasteiger partial charge on any atom is 0.234 e. The number of carbonyl (C=O) groups is 2. The van der Waals surface area contributed by atoms with E-state index in [0.29, 0.717) is 45.6 Å². The van der Waals surface area contributed by atoms with Crippen molar-refractivity contribution in [2.75, 3.05) is 32.8 Å². The first-order valence-electron chi connectivity index (χ1n) is 15.9. The molecule has 0 spiro atoms. The van der Waals surface area contributed by atoms with Gasteiger partial charge in [-0.05, 0) is 61.3 Å². The maximum atomic E-state index is 12.9. The minimum Gasteiger partial charge on any atom is -0.493 e. The van der Waals surface area contributed by atoms with Gasteiger partial charge in [0.15, 0.2) is 0 Å². The number of amides is 2. The second kappa shape index (κ2) is 16.2. The number of likely N-dealkylation sites (tertiary alicyclic amines) is 1. The number of nitrogens with one attached hydrogen (secondary N) is 2. The average Bonchev–Trinajstić information content (AvgIpc) is 3.03. The first-order chi connectivity index (χ1) is 21.1. The summed E-state index contributed by atoms with van der Waals surface area (Å²) >= 11 is 0. The molecule has 1 fully saturated rings. The number of aryl methyl sites for hydroxylation is 1. The lowest BCUT2D eigenvalue weighted by molar-refractivity contribution is -0.123.